The van der Waals surface area contributed by atoms with E-state index >= 15 is 0 Å². The second-order valence-electron chi connectivity index (χ2n) is 16.8. The first-order chi connectivity index (χ1) is 29.0. The van der Waals surface area contributed by atoms with Crippen LogP contribution in [0.3, 0.4) is 0 Å². The van der Waals surface area contributed by atoms with Crippen LogP contribution in [0.15, 0.2) is 194 Å². The summed E-state index contributed by atoms with van der Waals surface area (Å²) in [5, 5.41) is 2.43. The molecular weight excluding hydrogens is 717 g/mol. The van der Waals surface area contributed by atoms with Gasteiger partial charge in [0, 0.05) is 22.2 Å². The smallest absolute Gasteiger partial charge is 0.151 e. The maximum Gasteiger partial charge on any atom is 0.151 e. The van der Waals surface area contributed by atoms with Crippen molar-refractivity contribution in [1.82, 2.24) is 0 Å². The van der Waals surface area contributed by atoms with Crippen LogP contribution in [0.1, 0.15) is 47.2 Å². The Labute approximate surface area is 344 Å². The lowest BCUT2D eigenvalue weighted by atomic mass is 9.64. The highest BCUT2D eigenvalue weighted by Crippen LogP contribution is 2.67. The number of hydrogen-bond donors (Lipinski definition) is 0. The van der Waals surface area contributed by atoms with Gasteiger partial charge in [0.05, 0.1) is 28.2 Å². The van der Waals surface area contributed by atoms with Crippen molar-refractivity contribution >= 4 is 44.9 Å². The molecule has 0 N–H and O–H groups in total. The second-order valence-corrected chi connectivity index (χ2v) is 16.8. The van der Waals surface area contributed by atoms with Gasteiger partial charge in [-0.2, -0.15) is 0 Å². The van der Waals surface area contributed by atoms with Crippen LogP contribution in [0, 0.1) is 0 Å². The molecule has 2 heterocycles. The summed E-state index contributed by atoms with van der Waals surface area (Å²) >= 11 is 0. The summed E-state index contributed by atoms with van der Waals surface area (Å²) in [6.45, 7) is 4.74. The van der Waals surface area contributed by atoms with Crippen molar-refractivity contribution in [2.24, 2.45) is 0 Å². The van der Waals surface area contributed by atoms with Crippen molar-refractivity contribution in [3.8, 4) is 33.8 Å². The van der Waals surface area contributed by atoms with E-state index in [2.05, 4.69) is 218 Å². The summed E-state index contributed by atoms with van der Waals surface area (Å²) in [7, 11) is 0. The number of benzene rings is 9. The molecule has 3 nitrogen and oxygen atoms in total. The van der Waals surface area contributed by atoms with Crippen LogP contribution in [-0.2, 0) is 10.8 Å². The molecule has 4 aliphatic rings. The maximum atomic E-state index is 6.76. The van der Waals surface area contributed by atoms with E-state index in [0.717, 1.165) is 39.9 Å². The molecule has 0 saturated carbocycles. The van der Waals surface area contributed by atoms with Gasteiger partial charge in [-0.25, -0.2) is 0 Å². The summed E-state index contributed by atoms with van der Waals surface area (Å²) in [4.78, 5) is 4.93. The average Bonchev–Trinajstić information content (AvgIpc) is 3.70. The molecule has 59 heavy (non-hydrogen) atoms. The zero-order valence-corrected chi connectivity index (χ0v) is 32.8. The van der Waals surface area contributed by atoms with Gasteiger partial charge >= 0.3 is 0 Å². The van der Waals surface area contributed by atoms with E-state index in [1.165, 1.54) is 72.1 Å². The number of anilines is 6. The number of para-hydroxylation sites is 4. The van der Waals surface area contributed by atoms with Gasteiger partial charge in [-0.05, 0) is 116 Å². The van der Waals surface area contributed by atoms with Crippen molar-refractivity contribution in [3.63, 3.8) is 0 Å². The lowest BCUT2D eigenvalue weighted by Gasteiger charge is -2.47. The SMILES string of the molecule is CC1(C)c2ccccc2-c2ccc(N(c3ccc4c(c3)C3(c5ccccc5-4)c4ccccc4N4c5ccccc5Oc5cccc3c54)c3cccc4ccccc34)cc21. The summed E-state index contributed by atoms with van der Waals surface area (Å²) < 4.78 is 6.76. The third kappa shape index (κ3) is 4.16. The zero-order chi connectivity index (χ0) is 39.0. The number of ether oxygens (including phenoxy) is 1. The average molecular weight is 755 g/mol. The Balaban J connectivity index is 1.10. The predicted octanol–water partition coefficient (Wildman–Crippen LogP) is 14.9. The molecule has 0 radical (unpaired) electrons. The zero-order valence-electron chi connectivity index (χ0n) is 32.8. The Morgan fingerprint density at radius 2 is 0.983 bits per heavy atom. The molecule has 278 valence electrons. The van der Waals surface area contributed by atoms with E-state index in [0.29, 0.717) is 0 Å². The number of rotatable bonds is 3. The Kier molecular flexibility index (Phi) is 6.44. The first-order valence-electron chi connectivity index (χ1n) is 20.6. The molecule has 13 rings (SSSR count). The Bertz CT molecular complexity index is 3260. The van der Waals surface area contributed by atoms with Gasteiger partial charge in [0.2, 0.25) is 0 Å². The van der Waals surface area contributed by atoms with Crippen LogP contribution >= 0.6 is 0 Å². The van der Waals surface area contributed by atoms with Crippen molar-refractivity contribution in [3.05, 3.63) is 228 Å². The molecular formula is C56H38N2O. The summed E-state index contributed by atoms with van der Waals surface area (Å²) in [5.41, 5.74) is 18.9. The molecule has 1 atom stereocenters. The fourth-order valence-corrected chi connectivity index (χ4v) is 11.1. The lowest BCUT2D eigenvalue weighted by Crippen LogP contribution is -2.37. The Morgan fingerprint density at radius 1 is 0.424 bits per heavy atom. The molecule has 2 aliphatic heterocycles. The Morgan fingerprint density at radius 3 is 1.81 bits per heavy atom. The van der Waals surface area contributed by atoms with Gasteiger partial charge in [-0.3, -0.25) is 0 Å². The minimum Gasteiger partial charge on any atom is -0.453 e. The van der Waals surface area contributed by atoms with Crippen LogP contribution in [-0.4, -0.2) is 0 Å². The van der Waals surface area contributed by atoms with Gasteiger partial charge in [0.1, 0.15) is 0 Å². The fourth-order valence-electron chi connectivity index (χ4n) is 11.1. The van der Waals surface area contributed by atoms with Crippen LogP contribution in [0.4, 0.5) is 34.1 Å². The third-order valence-electron chi connectivity index (χ3n) is 13.6. The normalized spacial score (nSPS) is 16.6. The van der Waals surface area contributed by atoms with Crippen molar-refractivity contribution in [2.75, 3.05) is 9.80 Å². The standard InChI is InChI=1S/C56H38N2O/c1-55(2)43-20-7-5-18-39(43)41-31-29-36(33-47(41)55)57(49-26-13-16-35-15-3-4-17-38(35)49)37-30-32-42-40-19-6-8-21-44(40)56(48(42)34-37)45-22-9-10-24-50(45)58-51-25-11-12-27-52(51)59-53-28-14-23-46(56)54(53)58/h3-34H,1-2H3. The number of nitrogens with zero attached hydrogens (tertiary/aromatic N) is 2. The highest BCUT2D eigenvalue weighted by molar-refractivity contribution is 6.02. The van der Waals surface area contributed by atoms with Crippen molar-refractivity contribution in [2.45, 2.75) is 24.7 Å². The first kappa shape index (κ1) is 32.7. The summed E-state index contributed by atoms with van der Waals surface area (Å²) in [5.74, 6) is 1.74. The topological polar surface area (TPSA) is 15.7 Å². The predicted molar refractivity (Wildman–Crippen MR) is 242 cm³/mol. The van der Waals surface area contributed by atoms with Crippen LogP contribution < -0.4 is 14.5 Å². The molecule has 1 unspecified atom stereocenters. The molecule has 3 heteroatoms. The second kappa shape index (κ2) is 11.6. The summed E-state index contributed by atoms with van der Waals surface area (Å²) in [6.07, 6.45) is 0. The third-order valence-corrected chi connectivity index (χ3v) is 13.6. The van der Waals surface area contributed by atoms with Crippen LogP contribution in [0.5, 0.6) is 11.5 Å². The molecule has 0 bridgehead atoms. The molecule has 0 fully saturated rings. The van der Waals surface area contributed by atoms with E-state index in [-0.39, 0.29) is 5.41 Å². The molecule has 0 saturated heterocycles. The van der Waals surface area contributed by atoms with E-state index in [1.807, 2.05) is 0 Å². The van der Waals surface area contributed by atoms with Gasteiger partial charge in [0.15, 0.2) is 11.5 Å². The molecule has 0 amide bonds. The molecule has 0 aromatic heterocycles. The van der Waals surface area contributed by atoms with E-state index < -0.39 is 5.41 Å². The minimum atomic E-state index is -0.609. The number of hydrogen-bond acceptors (Lipinski definition) is 3. The van der Waals surface area contributed by atoms with Gasteiger partial charge in [-0.1, -0.05) is 153 Å². The van der Waals surface area contributed by atoms with Gasteiger partial charge < -0.3 is 14.5 Å². The van der Waals surface area contributed by atoms with Gasteiger partial charge in [-0.15, -0.1) is 0 Å². The largest absolute Gasteiger partial charge is 0.453 e. The van der Waals surface area contributed by atoms with Gasteiger partial charge in [0.25, 0.3) is 0 Å². The molecule has 9 aromatic rings. The maximum absolute atomic E-state index is 6.76. The lowest BCUT2D eigenvalue weighted by molar-refractivity contribution is 0.473. The molecule has 9 aromatic carbocycles. The van der Waals surface area contributed by atoms with E-state index in [4.69, 9.17) is 4.74 Å². The molecule has 2 aliphatic carbocycles. The Hall–Kier alpha value is -7.36. The summed E-state index contributed by atoms with van der Waals surface area (Å²) in [6, 6.07) is 71.8. The van der Waals surface area contributed by atoms with Crippen molar-refractivity contribution in [1.29, 1.82) is 0 Å². The highest BCUT2D eigenvalue weighted by atomic mass is 16.5. The highest BCUT2D eigenvalue weighted by Gasteiger charge is 2.53. The van der Waals surface area contributed by atoms with Crippen LogP contribution in [0.25, 0.3) is 33.0 Å². The van der Waals surface area contributed by atoms with E-state index in [9.17, 15) is 0 Å². The molecule has 1 spiro atoms. The van der Waals surface area contributed by atoms with E-state index in [1.54, 1.807) is 0 Å². The minimum absolute atomic E-state index is 0.138. The fraction of sp³-hybridized carbons (Fsp3) is 0.0714. The number of fused-ring (bicyclic) bond motifs is 15. The van der Waals surface area contributed by atoms with Crippen molar-refractivity contribution < 1.29 is 4.74 Å². The van der Waals surface area contributed by atoms with Crippen LogP contribution in [0.2, 0.25) is 0 Å². The monoisotopic (exact) mass is 754 g/mol. The quantitative estimate of drug-likeness (QED) is 0.179. The first-order valence-corrected chi connectivity index (χ1v) is 20.6.